The van der Waals surface area contributed by atoms with Crippen molar-refractivity contribution in [2.24, 2.45) is 5.73 Å². The standard InChI is InChI=1S/C31H33NO2.C24H19NO3.C6H15N.C4H5NO3.CH4/c1-2-3-4-5-9-16-27(33)20-26-22-32-30-19-11-10-18-29(30)31(26)25-15-12-17-28(21-25)34-23-24-13-7-6-8-14-24;26-23(27)14-19-15-25-22-12-5-4-11-21(22)24(19)18-9-6-10-20(13-18)28-16-17-7-2-1-3-8-17;1-2-3-4-5-6-7;6-3-1-2-4(7)5(3)8;/h6-8,10-15,17-19,21-22H,2-5,9,16,20,23H2,1H3;1-13,15H,14,16H2,(H,26,27);2-7H2,1H3;8H,1-2H2;1H4. The summed E-state index contributed by atoms with van der Waals surface area (Å²) >= 11 is 0. The first-order valence-corrected chi connectivity index (χ1v) is 26.8. The molecule has 1 saturated heterocycles. The first kappa shape index (κ1) is 60.8. The summed E-state index contributed by atoms with van der Waals surface area (Å²) in [7, 11) is 0. The summed E-state index contributed by atoms with van der Waals surface area (Å²) in [6.45, 7) is 6.27. The molecule has 1 aliphatic rings. The number of hydrogen-bond acceptors (Lipinski definition) is 10. The molecule has 408 valence electrons. The summed E-state index contributed by atoms with van der Waals surface area (Å²) < 4.78 is 12.0. The van der Waals surface area contributed by atoms with E-state index in [9.17, 15) is 24.3 Å². The average Bonchev–Trinajstić information content (AvgIpc) is 3.84. The summed E-state index contributed by atoms with van der Waals surface area (Å²) in [5.41, 5.74) is 14.9. The molecule has 12 nitrogen and oxygen atoms in total. The van der Waals surface area contributed by atoms with Crippen LogP contribution in [0.3, 0.4) is 0 Å². The van der Waals surface area contributed by atoms with Crippen molar-refractivity contribution < 1.29 is 39.0 Å². The maximum Gasteiger partial charge on any atom is 0.307 e. The Balaban J connectivity index is 0.000000227. The molecule has 0 aliphatic carbocycles. The van der Waals surface area contributed by atoms with Crippen molar-refractivity contribution in [1.82, 2.24) is 15.0 Å². The van der Waals surface area contributed by atoms with Crippen molar-refractivity contribution in [3.63, 3.8) is 0 Å². The third kappa shape index (κ3) is 19.2. The zero-order valence-electron chi connectivity index (χ0n) is 44.4. The van der Waals surface area contributed by atoms with Gasteiger partial charge in [0.05, 0.1) is 17.5 Å². The molecule has 3 heterocycles. The van der Waals surface area contributed by atoms with Crippen LogP contribution in [0.5, 0.6) is 11.5 Å². The van der Waals surface area contributed by atoms with Crippen LogP contribution in [0.4, 0.5) is 0 Å². The third-order valence-corrected chi connectivity index (χ3v) is 12.8. The molecule has 0 bridgehead atoms. The number of fused-ring (bicyclic) bond motifs is 2. The van der Waals surface area contributed by atoms with Gasteiger partial charge in [-0.25, -0.2) is 0 Å². The number of pyridine rings is 2. The number of ether oxygens (including phenoxy) is 2. The van der Waals surface area contributed by atoms with Gasteiger partial charge >= 0.3 is 5.97 Å². The highest BCUT2D eigenvalue weighted by Gasteiger charge is 2.27. The molecule has 8 aromatic rings. The van der Waals surface area contributed by atoms with Crippen LogP contribution < -0.4 is 15.2 Å². The average molecular weight is 1050 g/mol. The van der Waals surface area contributed by atoms with Crippen molar-refractivity contribution in [1.29, 1.82) is 0 Å². The van der Waals surface area contributed by atoms with Crippen molar-refractivity contribution >= 4 is 45.4 Å². The molecular weight excluding hydrogens is 977 g/mol. The lowest BCUT2D eigenvalue weighted by molar-refractivity contribution is -0.171. The largest absolute Gasteiger partial charge is 0.489 e. The lowest BCUT2D eigenvalue weighted by Crippen LogP contribution is -2.24. The number of aliphatic carboxylic acids is 1. The molecule has 0 unspecified atom stereocenters. The third-order valence-electron chi connectivity index (χ3n) is 12.8. The molecule has 0 radical (unpaired) electrons. The quantitative estimate of drug-likeness (QED) is 0.0334. The molecule has 0 saturated carbocycles. The van der Waals surface area contributed by atoms with Gasteiger partial charge < -0.3 is 20.3 Å². The summed E-state index contributed by atoms with van der Waals surface area (Å²) in [4.78, 5) is 53.8. The van der Waals surface area contributed by atoms with E-state index >= 15 is 0 Å². The fraction of sp³-hybridized carbons (Fsp3) is 0.303. The van der Waals surface area contributed by atoms with E-state index in [0.29, 0.717) is 31.6 Å². The minimum Gasteiger partial charge on any atom is -0.489 e. The Morgan fingerprint density at radius 1 is 0.551 bits per heavy atom. The molecule has 9 rings (SSSR count). The van der Waals surface area contributed by atoms with Crippen molar-refractivity contribution in [3.05, 3.63) is 192 Å². The van der Waals surface area contributed by atoms with E-state index in [4.69, 9.17) is 20.4 Å². The second kappa shape index (κ2) is 33.2. The SMILES string of the molecule is C.CCCCCCCC(=O)Cc1cnc2ccccc2c1-c1cccc(OCc2ccccc2)c1.CCCCCCN.O=C(O)Cc1cnc2ccccc2c1-c1cccc(OCc2ccccc2)c1.O=C1CCC(=O)N1O. The van der Waals surface area contributed by atoms with Crippen LogP contribution in [-0.2, 0) is 45.2 Å². The van der Waals surface area contributed by atoms with Crippen LogP contribution in [0, 0.1) is 0 Å². The molecule has 0 spiro atoms. The minimum absolute atomic E-state index is 0. The second-order valence-electron chi connectivity index (χ2n) is 18.9. The highest BCUT2D eigenvalue weighted by Crippen LogP contribution is 2.35. The number of hydrogen-bond donors (Lipinski definition) is 3. The molecule has 2 amide bonds. The summed E-state index contributed by atoms with van der Waals surface area (Å²) in [6.07, 6.45) is 15.7. The minimum atomic E-state index is -0.880. The number of para-hydroxylation sites is 2. The number of imide groups is 1. The molecular formula is C66H76N4O8. The Bertz CT molecular complexity index is 3110. The molecule has 2 aromatic heterocycles. The lowest BCUT2D eigenvalue weighted by atomic mass is 9.93. The lowest BCUT2D eigenvalue weighted by Gasteiger charge is -2.14. The molecule has 6 aromatic carbocycles. The monoisotopic (exact) mass is 1050 g/mol. The van der Waals surface area contributed by atoms with Crippen molar-refractivity contribution in [2.45, 2.75) is 124 Å². The van der Waals surface area contributed by atoms with Crippen molar-refractivity contribution in [2.75, 3.05) is 6.54 Å². The summed E-state index contributed by atoms with van der Waals surface area (Å²) in [5, 5.41) is 19.9. The smallest absolute Gasteiger partial charge is 0.307 e. The number of nitrogens with two attached hydrogens (primary N) is 1. The van der Waals surface area contributed by atoms with Crippen molar-refractivity contribution in [3.8, 4) is 33.8 Å². The normalized spacial score (nSPS) is 11.6. The van der Waals surface area contributed by atoms with Gasteiger partial charge in [0.2, 0.25) is 0 Å². The van der Waals surface area contributed by atoms with Crippen LogP contribution in [0.2, 0.25) is 0 Å². The maximum absolute atomic E-state index is 12.8. The first-order chi connectivity index (χ1) is 37.6. The van der Waals surface area contributed by atoms with Crippen LogP contribution in [0.25, 0.3) is 44.1 Å². The van der Waals surface area contributed by atoms with E-state index < -0.39 is 17.8 Å². The number of carbonyl (C=O) groups excluding carboxylic acids is 3. The number of rotatable bonds is 22. The number of hydroxylamine groups is 2. The molecule has 78 heavy (non-hydrogen) atoms. The summed E-state index contributed by atoms with van der Waals surface area (Å²) in [6, 6.07) is 52.0. The fourth-order valence-electron chi connectivity index (χ4n) is 8.80. The van der Waals surface area contributed by atoms with Gasteiger partial charge in [-0.15, -0.1) is 0 Å². The van der Waals surface area contributed by atoms with Crippen LogP contribution in [0.1, 0.15) is 121 Å². The van der Waals surface area contributed by atoms with Crippen LogP contribution in [-0.4, -0.2) is 55.5 Å². The zero-order valence-corrected chi connectivity index (χ0v) is 44.4. The topological polar surface area (TPSA) is 182 Å². The molecule has 1 aliphatic heterocycles. The number of benzene rings is 6. The van der Waals surface area contributed by atoms with Crippen LogP contribution in [0.15, 0.2) is 170 Å². The Hall–Kier alpha value is -8.06. The van der Waals surface area contributed by atoms with Gasteiger partial charge in [0.25, 0.3) is 11.8 Å². The van der Waals surface area contributed by atoms with E-state index in [0.717, 1.165) is 91.6 Å². The van der Waals surface area contributed by atoms with E-state index in [1.807, 2.05) is 134 Å². The maximum atomic E-state index is 12.8. The number of carbonyl (C=O) groups is 4. The van der Waals surface area contributed by atoms with Gasteiger partial charge in [0, 0.05) is 48.8 Å². The molecule has 12 heteroatoms. The van der Waals surface area contributed by atoms with Gasteiger partial charge in [-0.05, 0) is 100 Å². The van der Waals surface area contributed by atoms with Gasteiger partial charge in [-0.3, -0.25) is 34.4 Å². The van der Waals surface area contributed by atoms with Gasteiger partial charge in [-0.1, -0.05) is 188 Å². The van der Waals surface area contributed by atoms with E-state index in [2.05, 4.69) is 54.1 Å². The zero-order chi connectivity index (χ0) is 54.6. The first-order valence-electron chi connectivity index (χ1n) is 26.8. The van der Waals surface area contributed by atoms with Gasteiger partial charge in [0.15, 0.2) is 0 Å². The number of ketones is 1. The number of unbranched alkanes of at least 4 members (excludes halogenated alkanes) is 7. The number of nitrogens with zero attached hydrogens (tertiary/aromatic N) is 3. The number of aromatic nitrogens is 2. The highest BCUT2D eigenvalue weighted by molar-refractivity contribution is 6.01. The van der Waals surface area contributed by atoms with Gasteiger partial charge in [0.1, 0.15) is 30.5 Å². The Labute approximate surface area is 460 Å². The summed E-state index contributed by atoms with van der Waals surface area (Å²) in [5.74, 6) is -0.0508. The Morgan fingerprint density at radius 2 is 0.987 bits per heavy atom. The second-order valence-corrected chi connectivity index (χ2v) is 18.9. The number of carboxylic acid groups (broad SMARTS) is 1. The number of carboxylic acids is 1. The molecule has 0 atom stereocenters. The predicted molar refractivity (Wildman–Crippen MR) is 312 cm³/mol. The number of Topliss-reactive ketones (excluding diaryl/α,β-unsaturated/α-hetero) is 1. The van der Waals surface area contributed by atoms with E-state index in [1.54, 1.807) is 6.20 Å². The van der Waals surface area contributed by atoms with E-state index in [1.165, 1.54) is 44.9 Å². The van der Waals surface area contributed by atoms with Gasteiger partial charge in [-0.2, -0.15) is 5.06 Å². The predicted octanol–water partition coefficient (Wildman–Crippen LogP) is 14.7. The Morgan fingerprint density at radius 3 is 1.42 bits per heavy atom. The molecule has 1 fully saturated rings. The van der Waals surface area contributed by atoms with Crippen LogP contribution >= 0.6 is 0 Å². The Kier molecular flexibility index (Phi) is 25.9. The molecule has 4 N–H and O–H groups in total. The number of amides is 2. The van der Waals surface area contributed by atoms with E-state index in [-0.39, 0.29) is 37.5 Å². The fourth-order valence-corrected chi connectivity index (χ4v) is 8.80. The highest BCUT2D eigenvalue weighted by atomic mass is 16.5.